The lowest BCUT2D eigenvalue weighted by atomic mass is 9.98. The molecule has 0 spiro atoms. The zero-order chi connectivity index (χ0) is 20.8. The van der Waals surface area contributed by atoms with Gasteiger partial charge >= 0.3 is 0 Å². The molecule has 152 valence electrons. The first-order valence-electron chi connectivity index (χ1n) is 10.4. The number of nitrogens with one attached hydrogen (secondary N) is 1. The lowest BCUT2D eigenvalue weighted by Gasteiger charge is -2.11. The first kappa shape index (κ1) is 17.8. The highest BCUT2D eigenvalue weighted by molar-refractivity contribution is 5.99. The third-order valence-corrected chi connectivity index (χ3v) is 5.62. The van der Waals surface area contributed by atoms with Crippen LogP contribution in [0.5, 0.6) is 0 Å². The highest BCUT2D eigenvalue weighted by Gasteiger charge is 2.26. The number of aromatic nitrogens is 6. The summed E-state index contributed by atoms with van der Waals surface area (Å²) in [6.07, 6.45) is 11.7. The number of hydrogen-bond donors (Lipinski definition) is 1. The number of rotatable bonds is 5. The summed E-state index contributed by atoms with van der Waals surface area (Å²) < 4.78 is 3.88. The summed E-state index contributed by atoms with van der Waals surface area (Å²) in [5.41, 5.74) is 5.40. The van der Waals surface area contributed by atoms with Gasteiger partial charge in [-0.25, -0.2) is 14.5 Å². The summed E-state index contributed by atoms with van der Waals surface area (Å²) in [6, 6.07) is 14.9. The molecule has 7 heteroatoms. The van der Waals surface area contributed by atoms with Gasteiger partial charge in [0.1, 0.15) is 5.52 Å². The van der Waals surface area contributed by atoms with E-state index in [0.717, 1.165) is 52.3 Å². The summed E-state index contributed by atoms with van der Waals surface area (Å²) in [5.74, 6) is 2.18. The Morgan fingerprint density at radius 3 is 2.48 bits per heavy atom. The normalized spacial score (nSPS) is 13.6. The van der Waals surface area contributed by atoms with E-state index in [2.05, 4.69) is 45.7 Å². The van der Waals surface area contributed by atoms with Gasteiger partial charge in [-0.15, -0.1) is 5.10 Å². The molecular formula is C24H21N7. The van der Waals surface area contributed by atoms with E-state index in [9.17, 15) is 0 Å². The predicted octanol–water partition coefficient (Wildman–Crippen LogP) is 4.43. The van der Waals surface area contributed by atoms with Crippen molar-refractivity contribution in [3.63, 3.8) is 0 Å². The van der Waals surface area contributed by atoms with E-state index in [1.165, 1.54) is 0 Å². The maximum atomic E-state index is 4.94. The molecule has 0 unspecified atom stereocenters. The first-order chi connectivity index (χ1) is 15.3. The first-order valence-corrected chi connectivity index (χ1v) is 10.4. The molecule has 0 bridgehead atoms. The lowest BCUT2D eigenvalue weighted by Crippen LogP contribution is -2.09. The molecule has 4 heterocycles. The Morgan fingerprint density at radius 1 is 0.968 bits per heavy atom. The predicted molar refractivity (Wildman–Crippen MR) is 121 cm³/mol. The summed E-state index contributed by atoms with van der Waals surface area (Å²) in [5, 5.41) is 8.50. The molecule has 1 aliphatic rings. The van der Waals surface area contributed by atoms with E-state index in [-0.39, 0.29) is 0 Å². The van der Waals surface area contributed by atoms with Gasteiger partial charge in [0.15, 0.2) is 11.6 Å². The molecule has 7 nitrogen and oxygen atoms in total. The van der Waals surface area contributed by atoms with E-state index < -0.39 is 0 Å². The molecule has 1 N–H and O–H groups in total. The van der Waals surface area contributed by atoms with Crippen molar-refractivity contribution in [2.75, 3.05) is 5.32 Å². The minimum Gasteiger partial charge on any atom is -0.365 e. The van der Waals surface area contributed by atoms with Crippen LogP contribution in [0.4, 0.5) is 5.82 Å². The molecule has 1 aliphatic carbocycles. The van der Waals surface area contributed by atoms with Crippen LogP contribution < -0.4 is 5.32 Å². The molecule has 0 aliphatic heterocycles. The van der Waals surface area contributed by atoms with Crippen LogP contribution in [0, 0.1) is 0 Å². The SMILES string of the molecule is Cn1ccnc1-c1nc(NC2CC2)c2c(-c3ccccc3)c(-c3ccncc3)cn2n1. The second kappa shape index (κ2) is 7.05. The van der Waals surface area contributed by atoms with Crippen LogP contribution in [0.1, 0.15) is 12.8 Å². The number of hydrogen-bond acceptors (Lipinski definition) is 5. The maximum Gasteiger partial charge on any atom is 0.218 e. The van der Waals surface area contributed by atoms with Gasteiger partial charge in [-0.3, -0.25) is 4.98 Å². The highest BCUT2D eigenvalue weighted by atomic mass is 15.3. The zero-order valence-electron chi connectivity index (χ0n) is 17.1. The molecule has 0 saturated heterocycles. The van der Waals surface area contributed by atoms with Crippen LogP contribution in [0.2, 0.25) is 0 Å². The average molecular weight is 407 g/mol. The Kier molecular flexibility index (Phi) is 4.06. The quantitative estimate of drug-likeness (QED) is 0.466. The molecule has 1 fully saturated rings. The summed E-state index contributed by atoms with van der Waals surface area (Å²) in [7, 11) is 1.96. The molecule has 5 aromatic rings. The van der Waals surface area contributed by atoms with Gasteiger partial charge in [-0.05, 0) is 36.1 Å². The minimum absolute atomic E-state index is 0.454. The topological polar surface area (TPSA) is 72.9 Å². The van der Waals surface area contributed by atoms with E-state index in [4.69, 9.17) is 10.1 Å². The van der Waals surface area contributed by atoms with Crippen LogP contribution in [0.25, 0.3) is 39.4 Å². The monoisotopic (exact) mass is 407 g/mol. The fourth-order valence-electron chi connectivity index (χ4n) is 3.93. The largest absolute Gasteiger partial charge is 0.365 e. The van der Waals surface area contributed by atoms with Gasteiger partial charge in [-0.1, -0.05) is 30.3 Å². The number of pyridine rings is 1. The molecule has 0 amide bonds. The van der Waals surface area contributed by atoms with Crippen molar-refractivity contribution >= 4 is 11.3 Å². The number of nitrogens with zero attached hydrogens (tertiary/aromatic N) is 6. The molecule has 1 aromatic carbocycles. The van der Waals surface area contributed by atoms with Crippen LogP contribution in [-0.2, 0) is 7.05 Å². The smallest absolute Gasteiger partial charge is 0.218 e. The van der Waals surface area contributed by atoms with Crippen molar-refractivity contribution in [2.24, 2.45) is 7.05 Å². The summed E-state index contributed by atoms with van der Waals surface area (Å²) in [4.78, 5) is 13.6. The molecule has 0 atom stereocenters. The number of aryl methyl sites for hydroxylation is 1. The Balaban J connectivity index is 1.67. The maximum absolute atomic E-state index is 4.94. The van der Waals surface area contributed by atoms with Crippen molar-refractivity contribution in [1.82, 2.24) is 29.1 Å². The third-order valence-electron chi connectivity index (χ3n) is 5.62. The molecule has 0 radical (unpaired) electrons. The molecule has 4 aromatic heterocycles. The van der Waals surface area contributed by atoms with E-state index in [0.29, 0.717) is 11.9 Å². The Labute approximate surface area is 179 Å². The second-order valence-electron chi connectivity index (χ2n) is 7.88. The van der Waals surface area contributed by atoms with Crippen molar-refractivity contribution in [3.05, 3.63) is 73.4 Å². The van der Waals surface area contributed by atoms with Crippen LogP contribution in [0.3, 0.4) is 0 Å². The number of benzene rings is 1. The molecule has 31 heavy (non-hydrogen) atoms. The van der Waals surface area contributed by atoms with Crippen molar-refractivity contribution in [1.29, 1.82) is 0 Å². The summed E-state index contributed by atoms with van der Waals surface area (Å²) in [6.45, 7) is 0. The average Bonchev–Trinajstić information content (AvgIpc) is 3.38. The molecular weight excluding hydrogens is 386 g/mol. The zero-order valence-corrected chi connectivity index (χ0v) is 17.1. The third kappa shape index (κ3) is 3.15. The van der Waals surface area contributed by atoms with Gasteiger partial charge < -0.3 is 9.88 Å². The van der Waals surface area contributed by atoms with E-state index >= 15 is 0 Å². The van der Waals surface area contributed by atoms with Crippen molar-refractivity contribution < 1.29 is 0 Å². The van der Waals surface area contributed by atoms with Gasteiger partial charge in [-0.2, -0.15) is 0 Å². The number of fused-ring (bicyclic) bond motifs is 1. The fraction of sp³-hybridized carbons (Fsp3) is 0.167. The standard InChI is InChI=1S/C24H21N7/c1-30-14-13-26-24(30)23-28-22(27-18-7-8-18)21-20(17-5-3-2-4-6-17)19(15-31(21)29-23)16-9-11-25-12-10-16/h2-6,9-15,18H,7-8H2,1H3,(H,27,28,29). The van der Waals surface area contributed by atoms with Crippen LogP contribution in [0.15, 0.2) is 73.4 Å². The van der Waals surface area contributed by atoms with Crippen LogP contribution in [-0.4, -0.2) is 35.2 Å². The number of anilines is 1. The Hall–Kier alpha value is -4.00. The van der Waals surface area contributed by atoms with Gasteiger partial charge in [0.2, 0.25) is 5.82 Å². The van der Waals surface area contributed by atoms with E-state index in [1.54, 1.807) is 6.20 Å². The number of imidazole rings is 1. The van der Waals surface area contributed by atoms with E-state index in [1.807, 2.05) is 52.9 Å². The Morgan fingerprint density at radius 2 is 1.77 bits per heavy atom. The van der Waals surface area contributed by atoms with Crippen molar-refractivity contribution in [3.8, 4) is 33.9 Å². The van der Waals surface area contributed by atoms with Gasteiger partial charge in [0.25, 0.3) is 0 Å². The Bertz CT molecular complexity index is 1370. The second-order valence-corrected chi connectivity index (χ2v) is 7.88. The lowest BCUT2D eigenvalue weighted by molar-refractivity contribution is 0.859. The fourth-order valence-corrected chi connectivity index (χ4v) is 3.93. The highest BCUT2D eigenvalue weighted by Crippen LogP contribution is 2.40. The summed E-state index contributed by atoms with van der Waals surface area (Å²) >= 11 is 0. The van der Waals surface area contributed by atoms with Gasteiger partial charge in [0, 0.05) is 55.2 Å². The molecule has 1 saturated carbocycles. The van der Waals surface area contributed by atoms with Crippen LogP contribution >= 0.6 is 0 Å². The minimum atomic E-state index is 0.454. The van der Waals surface area contributed by atoms with Crippen molar-refractivity contribution in [2.45, 2.75) is 18.9 Å². The molecule has 6 rings (SSSR count). The van der Waals surface area contributed by atoms with Gasteiger partial charge in [0.05, 0.1) is 0 Å².